The number of carbonyl (C=O) groups is 3. The summed E-state index contributed by atoms with van der Waals surface area (Å²) in [5, 5.41) is 0. The lowest BCUT2D eigenvalue weighted by atomic mass is 9.77. The van der Waals surface area contributed by atoms with Gasteiger partial charge in [-0.15, -0.1) is 0 Å². The van der Waals surface area contributed by atoms with Crippen molar-refractivity contribution in [1.82, 2.24) is 4.90 Å². The summed E-state index contributed by atoms with van der Waals surface area (Å²) < 4.78 is 4.95. The van der Waals surface area contributed by atoms with Crippen LogP contribution in [0.1, 0.15) is 39.5 Å². The SMILES string of the molecule is CCOC(=O)N1CCCC(C=O)(CCC(C)=O)C1. The van der Waals surface area contributed by atoms with E-state index in [1.54, 1.807) is 11.8 Å². The minimum Gasteiger partial charge on any atom is -0.450 e. The van der Waals surface area contributed by atoms with Crippen molar-refractivity contribution in [2.45, 2.75) is 39.5 Å². The Kier molecular flexibility index (Phi) is 5.31. The molecule has 1 atom stereocenters. The Morgan fingerprint density at radius 1 is 1.44 bits per heavy atom. The standard InChI is InChI=1S/C13H21NO4/c1-3-18-12(17)14-8-4-6-13(9-14,10-15)7-5-11(2)16/h10H,3-9H2,1-2H3. The summed E-state index contributed by atoms with van der Waals surface area (Å²) in [6.45, 7) is 4.59. The molecule has 1 unspecified atom stereocenters. The van der Waals surface area contributed by atoms with Crippen LogP contribution in [-0.2, 0) is 14.3 Å². The molecule has 18 heavy (non-hydrogen) atoms. The normalized spacial score (nSPS) is 23.6. The van der Waals surface area contributed by atoms with E-state index in [0.29, 0.717) is 32.5 Å². The first-order valence-electron chi connectivity index (χ1n) is 6.40. The molecular formula is C13H21NO4. The molecule has 5 nitrogen and oxygen atoms in total. The number of aldehydes is 1. The number of hydrogen-bond donors (Lipinski definition) is 0. The number of likely N-dealkylation sites (tertiary alicyclic amines) is 1. The molecule has 1 aliphatic rings. The highest BCUT2D eigenvalue weighted by Crippen LogP contribution is 2.33. The van der Waals surface area contributed by atoms with Crippen LogP contribution in [0.4, 0.5) is 4.79 Å². The van der Waals surface area contributed by atoms with Gasteiger partial charge >= 0.3 is 6.09 Å². The van der Waals surface area contributed by atoms with Gasteiger partial charge in [0.05, 0.1) is 6.61 Å². The Morgan fingerprint density at radius 3 is 2.72 bits per heavy atom. The molecule has 0 N–H and O–H groups in total. The predicted molar refractivity (Wildman–Crippen MR) is 66.2 cm³/mol. The smallest absolute Gasteiger partial charge is 0.409 e. The highest BCUT2D eigenvalue weighted by molar-refractivity contribution is 5.76. The molecule has 0 aliphatic carbocycles. The number of amides is 1. The molecule has 0 bridgehead atoms. The third kappa shape index (κ3) is 3.82. The average Bonchev–Trinajstić information content (AvgIpc) is 2.37. The molecule has 1 aliphatic heterocycles. The molecule has 1 saturated heterocycles. The highest BCUT2D eigenvalue weighted by atomic mass is 16.6. The van der Waals surface area contributed by atoms with E-state index in [0.717, 1.165) is 19.1 Å². The minimum atomic E-state index is -0.573. The van der Waals surface area contributed by atoms with Crippen LogP contribution in [0.15, 0.2) is 0 Å². The Bertz CT molecular complexity index is 329. The zero-order chi connectivity index (χ0) is 13.6. The fraction of sp³-hybridized carbons (Fsp3) is 0.769. The maximum absolute atomic E-state index is 11.7. The van der Waals surface area contributed by atoms with Crippen molar-refractivity contribution in [1.29, 1.82) is 0 Å². The second-order valence-electron chi connectivity index (χ2n) is 4.91. The second-order valence-corrected chi connectivity index (χ2v) is 4.91. The van der Waals surface area contributed by atoms with Crippen LogP contribution < -0.4 is 0 Å². The third-order valence-electron chi connectivity index (χ3n) is 3.36. The van der Waals surface area contributed by atoms with Gasteiger partial charge in [0.25, 0.3) is 0 Å². The summed E-state index contributed by atoms with van der Waals surface area (Å²) in [4.78, 5) is 35.6. The number of nitrogens with zero attached hydrogens (tertiary/aromatic N) is 1. The topological polar surface area (TPSA) is 63.7 Å². The van der Waals surface area contributed by atoms with Crippen molar-refractivity contribution in [3.05, 3.63) is 0 Å². The molecule has 102 valence electrons. The van der Waals surface area contributed by atoms with E-state index >= 15 is 0 Å². The largest absolute Gasteiger partial charge is 0.450 e. The molecular weight excluding hydrogens is 234 g/mol. The van der Waals surface area contributed by atoms with Gasteiger partial charge in [0, 0.05) is 24.9 Å². The fourth-order valence-electron chi connectivity index (χ4n) is 2.31. The van der Waals surface area contributed by atoms with Gasteiger partial charge in [0.15, 0.2) is 0 Å². The predicted octanol–water partition coefficient (Wildman–Crippen LogP) is 1.79. The third-order valence-corrected chi connectivity index (χ3v) is 3.36. The van der Waals surface area contributed by atoms with Gasteiger partial charge in [-0.05, 0) is 33.1 Å². The highest BCUT2D eigenvalue weighted by Gasteiger charge is 2.37. The first-order chi connectivity index (χ1) is 8.53. The zero-order valence-corrected chi connectivity index (χ0v) is 11.1. The Balaban J connectivity index is 2.65. The molecule has 0 saturated carbocycles. The lowest BCUT2D eigenvalue weighted by Crippen LogP contribution is -2.47. The van der Waals surface area contributed by atoms with E-state index in [4.69, 9.17) is 4.74 Å². The number of piperidine rings is 1. The van der Waals surface area contributed by atoms with Crippen LogP contribution in [0, 0.1) is 5.41 Å². The van der Waals surface area contributed by atoms with Gasteiger partial charge in [0.2, 0.25) is 0 Å². The van der Waals surface area contributed by atoms with Crippen molar-refractivity contribution in [3.8, 4) is 0 Å². The number of carbonyl (C=O) groups excluding carboxylic acids is 3. The van der Waals surface area contributed by atoms with Crippen LogP contribution in [0.5, 0.6) is 0 Å². The van der Waals surface area contributed by atoms with Gasteiger partial charge < -0.3 is 19.2 Å². The van der Waals surface area contributed by atoms with E-state index in [2.05, 4.69) is 0 Å². The van der Waals surface area contributed by atoms with Crippen molar-refractivity contribution in [3.63, 3.8) is 0 Å². The fourth-order valence-corrected chi connectivity index (χ4v) is 2.31. The van der Waals surface area contributed by atoms with Crippen molar-refractivity contribution >= 4 is 18.2 Å². The van der Waals surface area contributed by atoms with Crippen LogP contribution in [0.2, 0.25) is 0 Å². The number of hydrogen-bond acceptors (Lipinski definition) is 4. The summed E-state index contributed by atoms with van der Waals surface area (Å²) in [6, 6.07) is 0. The van der Waals surface area contributed by atoms with Crippen LogP contribution in [0.25, 0.3) is 0 Å². The summed E-state index contributed by atoms with van der Waals surface area (Å²) in [6.07, 6.45) is 2.94. The summed E-state index contributed by atoms with van der Waals surface area (Å²) in [5.41, 5.74) is -0.573. The molecule has 1 fully saturated rings. The quantitative estimate of drug-likeness (QED) is 0.703. The molecule has 5 heteroatoms. The number of rotatable bonds is 5. The molecule has 0 aromatic heterocycles. The van der Waals surface area contributed by atoms with E-state index in [-0.39, 0.29) is 11.9 Å². The minimum absolute atomic E-state index is 0.0736. The summed E-state index contributed by atoms with van der Waals surface area (Å²) >= 11 is 0. The maximum atomic E-state index is 11.7. The molecule has 0 aromatic rings. The average molecular weight is 255 g/mol. The van der Waals surface area contributed by atoms with E-state index < -0.39 is 5.41 Å². The number of Topliss-reactive ketones (excluding diaryl/α,β-unsaturated/α-hetero) is 1. The Hall–Kier alpha value is -1.39. The van der Waals surface area contributed by atoms with Crippen LogP contribution >= 0.6 is 0 Å². The van der Waals surface area contributed by atoms with Crippen molar-refractivity contribution in [2.75, 3.05) is 19.7 Å². The van der Waals surface area contributed by atoms with Gasteiger partial charge in [0.1, 0.15) is 12.1 Å². The maximum Gasteiger partial charge on any atom is 0.409 e. The lowest BCUT2D eigenvalue weighted by Gasteiger charge is -2.38. The van der Waals surface area contributed by atoms with E-state index in [1.165, 1.54) is 6.92 Å². The molecule has 1 heterocycles. The first-order valence-corrected chi connectivity index (χ1v) is 6.40. The number of ether oxygens (including phenoxy) is 1. The summed E-state index contributed by atoms with van der Waals surface area (Å²) in [5.74, 6) is 0.0736. The van der Waals surface area contributed by atoms with E-state index in [9.17, 15) is 14.4 Å². The molecule has 1 amide bonds. The van der Waals surface area contributed by atoms with Gasteiger partial charge in [-0.3, -0.25) is 0 Å². The summed E-state index contributed by atoms with van der Waals surface area (Å²) in [7, 11) is 0. The van der Waals surface area contributed by atoms with Gasteiger partial charge in [-0.25, -0.2) is 4.79 Å². The number of ketones is 1. The van der Waals surface area contributed by atoms with Gasteiger partial charge in [-0.2, -0.15) is 0 Å². The Labute approximate surface area is 107 Å². The monoisotopic (exact) mass is 255 g/mol. The lowest BCUT2D eigenvalue weighted by molar-refractivity contribution is -0.121. The van der Waals surface area contributed by atoms with E-state index in [1.807, 2.05) is 0 Å². The Morgan fingerprint density at radius 2 is 2.17 bits per heavy atom. The molecule has 0 aromatic carbocycles. The molecule has 0 spiro atoms. The van der Waals surface area contributed by atoms with Crippen LogP contribution in [-0.4, -0.2) is 42.8 Å². The molecule has 0 radical (unpaired) electrons. The zero-order valence-electron chi connectivity index (χ0n) is 11.1. The van der Waals surface area contributed by atoms with Crippen LogP contribution in [0.3, 0.4) is 0 Å². The second kappa shape index (κ2) is 6.52. The van der Waals surface area contributed by atoms with Crippen molar-refractivity contribution in [2.24, 2.45) is 5.41 Å². The first kappa shape index (κ1) is 14.7. The van der Waals surface area contributed by atoms with Crippen molar-refractivity contribution < 1.29 is 19.1 Å². The van der Waals surface area contributed by atoms with Gasteiger partial charge in [-0.1, -0.05) is 0 Å². The molecule has 1 rings (SSSR count).